The number of carbonyl (C=O) groups is 1. The van der Waals surface area contributed by atoms with E-state index in [1.807, 2.05) is 44.5 Å². The number of anilines is 2. The van der Waals surface area contributed by atoms with Crippen LogP contribution in [0.2, 0.25) is 0 Å². The predicted octanol–water partition coefficient (Wildman–Crippen LogP) is 4.04. The Bertz CT molecular complexity index is 736. The first-order chi connectivity index (χ1) is 11.0. The van der Waals surface area contributed by atoms with Gasteiger partial charge in [0.15, 0.2) is 5.69 Å². The van der Waals surface area contributed by atoms with Crippen LogP contribution in [0.3, 0.4) is 0 Å². The van der Waals surface area contributed by atoms with E-state index < -0.39 is 11.6 Å². The Labute approximate surface area is 143 Å². The SMILES string of the molecule is Cc1cc(Nc2cccc(C(=O)OC(C)(C)C)n2)n(C(C)(C)C)n1. The fourth-order valence-corrected chi connectivity index (χ4v) is 2.18. The largest absolute Gasteiger partial charge is 0.455 e. The molecule has 2 rings (SSSR count). The van der Waals surface area contributed by atoms with Crippen molar-refractivity contribution in [2.24, 2.45) is 0 Å². The second kappa shape index (κ2) is 6.26. The van der Waals surface area contributed by atoms with E-state index in [1.54, 1.807) is 12.1 Å². The van der Waals surface area contributed by atoms with Crippen molar-refractivity contribution in [2.45, 2.75) is 59.6 Å². The molecule has 0 saturated heterocycles. The molecule has 1 N–H and O–H groups in total. The third-order valence-electron chi connectivity index (χ3n) is 3.08. The first kappa shape index (κ1) is 18.0. The van der Waals surface area contributed by atoms with E-state index in [0.29, 0.717) is 5.82 Å². The number of nitrogens with one attached hydrogen (secondary N) is 1. The molecule has 0 spiro atoms. The molecular weight excluding hydrogens is 304 g/mol. The number of pyridine rings is 1. The Morgan fingerprint density at radius 3 is 2.42 bits per heavy atom. The number of esters is 1. The molecule has 24 heavy (non-hydrogen) atoms. The van der Waals surface area contributed by atoms with Gasteiger partial charge in [0.25, 0.3) is 0 Å². The van der Waals surface area contributed by atoms with Gasteiger partial charge in [-0.3, -0.25) is 0 Å². The van der Waals surface area contributed by atoms with E-state index in [4.69, 9.17) is 4.74 Å². The maximum atomic E-state index is 12.2. The van der Waals surface area contributed by atoms with Gasteiger partial charge in [0.05, 0.1) is 11.2 Å². The zero-order chi connectivity index (χ0) is 18.1. The molecule has 0 aliphatic heterocycles. The summed E-state index contributed by atoms with van der Waals surface area (Å²) >= 11 is 0. The third-order valence-corrected chi connectivity index (χ3v) is 3.08. The summed E-state index contributed by atoms with van der Waals surface area (Å²) in [7, 11) is 0. The molecule has 0 radical (unpaired) electrons. The van der Waals surface area contributed by atoms with Crippen LogP contribution in [0.5, 0.6) is 0 Å². The van der Waals surface area contributed by atoms with Gasteiger partial charge in [-0.05, 0) is 60.6 Å². The Morgan fingerprint density at radius 2 is 1.83 bits per heavy atom. The lowest BCUT2D eigenvalue weighted by Crippen LogP contribution is -2.25. The molecule has 0 aliphatic rings. The summed E-state index contributed by atoms with van der Waals surface area (Å²) in [6.45, 7) is 13.7. The van der Waals surface area contributed by atoms with Gasteiger partial charge < -0.3 is 10.1 Å². The van der Waals surface area contributed by atoms with Crippen LogP contribution in [0.15, 0.2) is 24.3 Å². The van der Waals surface area contributed by atoms with Crippen LogP contribution < -0.4 is 5.32 Å². The molecule has 0 unspecified atom stereocenters. The molecular formula is C18H26N4O2. The number of nitrogens with zero attached hydrogens (tertiary/aromatic N) is 3. The van der Waals surface area contributed by atoms with Gasteiger partial charge in [-0.2, -0.15) is 5.10 Å². The third kappa shape index (κ3) is 4.57. The number of hydrogen-bond acceptors (Lipinski definition) is 5. The normalized spacial score (nSPS) is 12.1. The molecule has 2 aromatic rings. The molecule has 0 bridgehead atoms. The van der Waals surface area contributed by atoms with Crippen molar-refractivity contribution in [1.29, 1.82) is 0 Å². The van der Waals surface area contributed by atoms with Crippen LogP contribution in [0, 0.1) is 6.92 Å². The summed E-state index contributed by atoms with van der Waals surface area (Å²) in [4.78, 5) is 16.5. The minimum atomic E-state index is -0.551. The van der Waals surface area contributed by atoms with Crippen molar-refractivity contribution in [3.8, 4) is 0 Å². The van der Waals surface area contributed by atoms with E-state index >= 15 is 0 Å². The minimum Gasteiger partial charge on any atom is -0.455 e. The number of ether oxygens (including phenoxy) is 1. The number of rotatable bonds is 3. The summed E-state index contributed by atoms with van der Waals surface area (Å²) in [6, 6.07) is 7.18. The molecule has 0 aliphatic carbocycles. The first-order valence-electron chi connectivity index (χ1n) is 8.00. The lowest BCUT2D eigenvalue weighted by Gasteiger charge is -2.22. The van der Waals surface area contributed by atoms with Crippen molar-refractivity contribution >= 4 is 17.6 Å². The van der Waals surface area contributed by atoms with Gasteiger partial charge in [-0.25, -0.2) is 14.5 Å². The second-order valence-corrected chi connectivity index (χ2v) is 7.79. The minimum absolute atomic E-state index is 0.167. The maximum Gasteiger partial charge on any atom is 0.357 e. The van der Waals surface area contributed by atoms with Crippen molar-refractivity contribution in [3.05, 3.63) is 35.7 Å². The van der Waals surface area contributed by atoms with Crippen molar-refractivity contribution in [2.75, 3.05) is 5.32 Å². The molecule has 6 heteroatoms. The maximum absolute atomic E-state index is 12.2. The van der Waals surface area contributed by atoms with Gasteiger partial charge in [-0.15, -0.1) is 0 Å². The van der Waals surface area contributed by atoms with E-state index in [0.717, 1.165) is 11.5 Å². The van der Waals surface area contributed by atoms with Crippen LogP contribution in [0.25, 0.3) is 0 Å². The second-order valence-electron chi connectivity index (χ2n) is 7.79. The van der Waals surface area contributed by atoms with Crippen molar-refractivity contribution < 1.29 is 9.53 Å². The van der Waals surface area contributed by atoms with E-state index in [9.17, 15) is 4.79 Å². The highest BCUT2D eigenvalue weighted by molar-refractivity contribution is 5.88. The van der Waals surface area contributed by atoms with Crippen LogP contribution in [-0.2, 0) is 10.3 Å². The highest BCUT2D eigenvalue weighted by atomic mass is 16.6. The van der Waals surface area contributed by atoms with Gasteiger partial charge in [0.2, 0.25) is 0 Å². The van der Waals surface area contributed by atoms with E-state index in [-0.39, 0.29) is 11.2 Å². The zero-order valence-electron chi connectivity index (χ0n) is 15.5. The lowest BCUT2D eigenvalue weighted by atomic mass is 10.1. The van der Waals surface area contributed by atoms with Gasteiger partial charge in [0.1, 0.15) is 17.2 Å². The molecule has 2 aromatic heterocycles. The molecule has 6 nitrogen and oxygen atoms in total. The van der Waals surface area contributed by atoms with Crippen molar-refractivity contribution in [3.63, 3.8) is 0 Å². The molecule has 0 fully saturated rings. The number of hydrogen-bond donors (Lipinski definition) is 1. The van der Waals surface area contributed by atoms with Gasteiger partial charge in [-0.1, -0.05) is 6.07 Å². The fraction of sp³-hybridized carbons (Fsp3) is 0.500. The molecule has 130 valence electrons. The first-order valence-corrected chi connectivity index (χ1v) is 8.00. The van der Waals surface area contributed by atoms with Crippen molar-refractivity contribution in [1.82, 2.24) is 14.8 Å². The number of aryl methyl sites for hydroxylation is 1. The standard InChI is InChI=1S/C18H26N4O2/c1-12-11-15(22(21-12)17(2,3)4)20-14-10-8-9-13(19-14)16(23)24-18(5,6)7/h8-11H,1-7H3,(H,19,20). The van der Waals surface area contributed by atoms with Crippen LogP contribution in [0.1, 0.15) is 57.7 Å². The monoisotopic (exact) mass is 330 g/mol. The molecule has 0 amide bonds. The smallest absolute Gasteiger partial charge is 0.357 e. The molecule has 0 saturated carbocycles. The van der Waals surface area contributed by atoms with E-state index in [2.05, 4.69) is 36.2 Å². The Balaban J connectivity index is 2.26. The van der Waals surface area contributed by atoms with E-state index in [1.165, 1.54) is 0 Å². The Morgan fingerprint density at radius 1 is 1.17 bits per heavy atom. The highest BCUT2D eigenvalue weighted by Crippen LogP contribution is 2.24. The molecule has 0 aromatic carbocycles. The Hall–Kier alpha value is -2.37. The van der Waals surface area contributed by atoms with Crippen LogP contribution in [-0.4, -0.2) is 26.3 Å². The molecule has 2 heterocycles. The summed E-state index contributed by atoms with van der Waals surface area (Å²) < 4.78 is 7.27. The molecule has 0 atom stereocenters. The predicted molar refractivity (Wildman–Crippen MR) is 94.6 cm³/mol. The summed E-state index contributed by atoms with van der Waals surface area (Å²) in [5.74, 6) is 0.962. The van der Waals surface area contributed by atoms with Crippen LogP contribution >= 0.6 is 0 Å². The quantitative estimate of drug-likeness (QED) is 0.860. The number of carbonyl (C=O) groups excluding carboxylic acids is 1. The zero-order valence-corrected chi connectivity index (χ0v) is 15.5. The summed E-state index contributed by atoms with van der Waals surface area (Å²) in [6.07, 6.45) is 0. The fourth-order valence-electron chi connectivity index (χ4n) is 2.18. The average Bonchev–Trinajstić information content (AvgIpc) is 2.78. The van der Waals surface area contributed by atoms with Gasteiger partial charge >= 0.3 is 5.97 Å². The average molecular weight is 330 g/mol. The van der Waals surface area contributed by atoms with Gasteiger partial charge in [0, 0.05) is 6.07 Å². The summed E-state index contributed by atoms with van der Waals surface area (Å²) in [5, 5.41) is 7.76. The summed E-state index contributed by atoms with van der Waals surface area (Å²) in [5.41, 5.74) is 0.466. The number of aromatic nitrogens is 3. The Kier molecular flexibility index (Phi) is 4.69. The van der Waals surface area contributed by atoms with Crippen LogP contribution in [0.4, 0.5) is 11.6 Å². The lowest BCUT2D eigenvalue weighted by molar-refractivity contribution is 0.00630. The highest BCUT2D eigenvalue weighted by Gasteiger charge is 2.21. The topological polar surface area (TPSA) is 69.0 Å².